The Morgan fingerprint density at radius 1 is 1.19 bits per heavy atom. The minimum Gasteiger partial charge on any atom is -0.379 e. The molecule has 31 heavy (non-hydrogen) atoms. The molecule has 0 spiro atoms. The van der Waals surface area contributed by atoms with Gasteiger partial charge in [0.2, 0.25) is 0 Å². The van der Waals surface area contributed by atoms with Crippen LogP contribution in [0, 0.1) is 6.92 Å². The van der Waals surface area contributed by atoms with E-state index in [9.17, 15) is 13.2 Å². The fraction of sp³-hybridized carbons (Fsp3) is 0.833. The van der Waals surface area contributed by atoms with Crippen LogP contribution in [0.2, 0.25) is 0 Å². The van der Waals surface area contributed by atoms with Crippen molar-refractivity contribution < 1.29 is 17.9 Å². The van der Waals surface area contributed by atoms with E-state index in [1.54, 1.807) is 0 Å². The van der Waals surface area contributed by atoms with E-state index < -0.39 is 12.7 Å². The maximum absolute atomic E-state index is 12.7. The van der Waals surface area contributed by atoms with Crippen LogP contribution < -0.4 is 10.6 Å². The lowest BCUT2D eigenvalue weighted by Crippen LogP contribution is -2.48. The molecule has 0 bridgehead atoms. The average Bonchev–Trinajstić information content (AvgIpc) is 3.25. The zero-order valence-corrected chi connectivity index (χ0v) is 20.3. The maximum Gasteiger partial charge on any atom is 0.401 e. The number of aliphatic imine (C=N–C) groups is 1. The summed E-state index contributed by atoms with van der Waals surface area (Å²) in [5, 5.41) is 14.8. The molecule has 3 rings (SSSR count). The van der Waals surface area contributed by atoms with Crippen molar-refractivity contribution in [3.63, 3.8) is 0 Å². The molecule has 178 valence electrons. The third kappa shape index (κ3) is 8.69. The second kappa shape index (κ2) is 12.2. The van der Waals surface area contributed by atoms with E-state index in [0.29, 0.717) is 38.6 Å². The molecule has 9 nitrogen and oxygen atoms in total. The highest BCUT2D eigenvalue weighted by Crippen LogP contribution is 2.19. The molecule has 1 unspecified atom stereocenters. The van der Waals surface area contributed by atoms with E-state index in [-0.39, 0.29) is 30.0 Å². The second-order valence-corrected chi connectivity index (χ2v) is 7.75. The monoisotopic (exact) mass is 560 g/mol. The van der Waals surface area contributed by atoms with Crippen LogP contribution in [-0.4, -0.2) is 102 Å². The van der Waals surface area contributed by atoms with Crippen LogP contribution in [0.5, 0.6) is 0 Å². The number of guanidine groups is 1. The van der Waals surface area contributed by atoms with Gasteiger partial charge in [-0.2, -0.15) is 13.2 Å². The van der Waals surface area contributed by atoms with E-state index in [4.69, 9.17) is 4.74 Å². The standard InChI is InChI=1S/C18H31F3N8O.HI/c1-14-25-26-16(27(14)2)11-23-17(22-4-6-28-7-9-30-10-8-28)24-15-3-5-29(12-15)13-18(19,20)21;/h15H,3-13H2,1-2H3,(H2,22,23,24);1H. The van der Waals surface area contributed by atoms with Crippen LogP contribution in [0.25, 0.3) is 0 Å². The second-order valence-electron chi connectivity index (χ2n) is 7.75. The highest BCUT2D eigenvalue weighted by atomic mass is 127. The first-order chi connectivity index (χ1) is 14.3. The van der Waals surface area contributed by atoms with E-state index in [1.165, 1.54) is 4.90 Å². The molecule has 3 heterocycles. The molecule has 0 aliphatic carbocycles. The summed E-state index contributed by atoms with van der Waals surface area (Å²) in [6.07, 6.45) is -3.53. The van der Waals surface area contributed by atoms with Gasteiger partial charge in [-0.1, -0.05) is 0 Å². The number of halogens is 4. The van der Waals surface area contributed by atoms with E-state index >= 15 is 0 Å². The molecular formula is C18H32F3IN8O. The van der Waals surface area contributed by atoms with Gasteiger partial charge in [0.25, 0.3) is 0 Å². The molecule has 1 aromatic heterocycles. The van der Waals surface area contributed by atoms with Gasteiger partial charge in [-0.3, -0.25) is 9.80 Å². The molecule has 2 saturated heterocycles. The van der Waals surface area contributed by atoms with Crippen molar-refractivity contribution in [1.29, 1.82) is 0 Å². The summed E-state index contributed by atoms with van der Waals surface area (Å²) < 4.78 is 45.2. The zero-order valence-electron chi connectivity index (χ0n) is 18.0. The summed E-state index contributed by atoms with van der Waals surface area (Å²) in [6, 6.07) is -0.0804. The van der Waals surface area contributed by atoms with Crippen molar-refractivity contribution >= 4 is 29.9 Å². The lowest BCUT2D eigenvalue weighted by atomic mass is 10.3. The number of rotatable bonds is 7. The van der Waals surface area contributed by atoms with Gasteiger partial charge in [0, 0.05) is 52.4 Å². The molecule has 0 aromatic carbocycles. The fourth-order valence-electron chi connectivity index (χ4n) is 3.59. The largest absolute Gasteiger partial charge is 0.401 e. The predicted molar refractivity (Wildman–Crippen MR) is 122 cm³/mol. The molecule has 2 N–H and O–H groups in total. The van der Waals surface area contributed by atoms with Crippen molar-refractivity contribution in [2.24, 2.45) is 12.0 Å². The first-order valence-electron chi connectivity index (χ1n) is 10.3. The van der Waals surface area contributed by atoms with Crippen molar-refractivity contribution in [3.8, 4) is 0 Å². The summed E-state index contributed by atoms with van der Waals surface area (Å²) in [4.78, 5) is 8.33. The van der Waals surface area contributed by atoms with E-state index in [2.05, 4.69) is 30.7 Å². The first-order valence-corrected chi connectivity index (χ1v) is 10.3. The maximum atomic E-state index is 12.7. The molecule has 0 amide bonds. The van der Waals surface area contributed by atoms with Gasteiger partial charge in [0.15, 0.2) is 11.8 Å². The van der Waals surface area contributed by atoms with Gasteiger partial charge in [-0.15, -0.1) is 34.2 Å². The summed E-state index contributed by atoms with van der Waals surface area (Å²) in [7, 11) is 1.88. The Morgan fingerprint density at radius 2 is 1.94 bits per heavy atom. The number of alkyl halides is 3. The van der Waals surface area contributed by atoms with Crippen LogP contribution in [0.3, 0.4) is 0 Å². The molecule has 2 aliphatic rings. The number of aryl methyl sites for hydroxylation is 1. The number of morpholine rings is 1. The number of hydrogen-bond donors (Lipinski definition) is 2. The summed E-state index contributed by atoms with van der Waals surface area (Å²) >= 11 is 0. The fourth-order valence-corrected chi connectivity index (χ4v) is 3.59. The third-order valence-electron chi connectivity index (χ3n) is 5.40. The highest BCUT2D eigenvalue weighted by Gasteiger charge is 2.34. The van der Waals surface area contributed by atoms with Crippen LogP contribution in [0.1, 0.15) is 18.1 Å². The van der Waals surface area contributed by atoms with Crippen LogP contribution in [0.15, 0.2) is 4.99 Å². The van der Waals surface area contributed by atoms with E-state index in [1.807, 2.05) is 18.5 Å². The van der Waals surface area contributed by atoms with E-state index in [0.717, 1.165) is 44.5 Å². The molecule has 0 radical (unpaired) electrons. The summed E-state index contributed by atoms with van der Waals surface area (Å²) in [6.45, 7) is 6.89. The van der Waals surface area contributed by atoms with Crippen molar-refractivity contribution in [3.05, 3.63) is 11.6 Å². The Hall–Kier alpha value is -1.19. The summed E-state index contributed by atoms with van der Waals surface area (Å²) in [5.74, 6) is 2.11. The minimum atomic E-state index is -4.18. The zero-order chi connectivity index (χ0) is 21.6. The van der Waals surface area contributed by atoms with Crippen LogP contribution in [0.4, 0.5) is 13.2 Å². The molecule has 1 aromatic rings. The average molecular weight is 560 g/mol. The van der Waals surface area contributed by atoms with Crippen molar-refractivity contribution in [2.75, 3.05) is 59.0 Å². The molecule has 1 atom stereocenters. The molecule has 2 fully saturated rings. The quantitative estimate of drug-likeness (QED) is 0.290. The lowest BCUT2D eigenvalue weighted by molar-refractivity contribution is -0.143. The van der Waals surface area contributed by atoms with Crippen molar-refractivity contribution in [1.82, 2.24) is 35.2 Å². The number of hydrogen-bond acceptors (Lipinski definition) is 6. The van der Waals surface area contributed by atoms with Crippen LogP contribution >= 0.6 is 24.0 Å². The Bertz CT molecular complexity index is 708. The Labute approximate surface area is 197 Å². The van der Waals surface area contributed by atoms with Crippen LogP contribution in [-0.2, 0) is 18.3 Å². The number of nitrogens with zero attached hydrogens (tertiary/aromatic N) is 6. The highest BCUT2D eigenvalue weighted by molar-refractivity contribution is 14.0. The first kappa shape index (κ1) is 26.1. The Balaban J connectivity index is 0.00000341. The topological polar surface area (TPSA) is 82.8 Å². The normalized spacial score (nSPS) is 21.2. The molecular weight excluding hydrogens is 528 g/mol. The smallest absolute Gasteiger partial charge is 0.379 e. The molecule has 0 saturated carbocycles. The lowest BCUT2D eigenvalue weighted by Gasteiger charge is -2.27. The molecule has 13 heteroatoms. The van der Waals surface area contributed by atoms with Gasteiger partial charge in [0.1, 0.15) is 12.4 Å². The number of nitrogens with one attached hydrogen (secondary N) is 2. The van der Waals surface area contributed by atoms with Gasteiger partial charge in [-0.25, -0.2) is 4.99 Å². The number of ether oxygens (including phenoxy) is 1. The van der Waals surface area contributed by atoms with Gasteiger partial charge < -0.3 is 19.9 Å². The minimum absolute atomic E-state index is 0. The third-order valence-corrected chi connectivity index (χ3v) is 5.40. The SMILES string of the molecule is Cc1nnc(CN=C(NCCN2CCOCC2)NC2CCN(CC(F)(F)F)C2)n1C.I. The Kier molecular flexibility index (Phi) is 10.2. The predicted octanol–water partition coefficient (Wildman–Crippen LogP) is 0.746. The molecule has 2 aliphatic heterocycles. The Morgan fingerprint density at radius 3 is 2.58 bits per heavy atom. The number of likely N-dealkylation sites (tertiary alicyclic amines) is 1. The summed E-state index contributed by atoms with van der Waals surface area (Å²) in [5.41, 5.74) is 0. The number of aromatic nitrogens is 3. The van der Waals surface area contributed by atoms with Crippen molar-refractivity contribution in [2.45, 2.75) is 32.1 Å². The van der Waals surface area contributed by atoms with Gasteiger partial charge in [0.05, 0.1) is 19.8 Å². The van der Waals surface area contributed by atoms with Gasteiger partial charge in [-0.05, 0) is 13.3 Å². The van der Waals surface area contributed by atoms with Gasteiger partial charge >= 0.3 is 6.18 Å².